The van der Waals surface area contributed by atoms with Gasteiger partial charge in [0, 0.05) is 18.8 Å². The zero-order chi connectivity index (χ0) is 13.9. The molecule has 0 radical (unpaired) electrons. The molecular formula is C13H18N2O2S. The lowest BCUT2D eigenvalue weighted by molar-refractivity contribution is -0.123. The van der Waals surface area contributed by atoms with E-state index in [4.69, 9.17) is 22.7 Å². The van der Waals surface area contributed by atoms with E-state index in [1.165, 1.54) is 4.90 Å². The van der Waals surface area contributed by atoms with Gasteiger partial charge >= 0.3 is 0 Å². The van der Waals surface area contributed by atoms with Gasteiger partial charge in [0.25, 0.3) is 0 Å². The monoisotopic (exact) mass is 266 g/mol. The Morgan fingerprint density at radius 2 is 2.06 bits per heavy atom. The molecule has 5 heteroatoms. The standard InChI is InChI=1S/C13H18N2O2S/c1-13(2,11(14)18)12(16)15(3)9-6-5-7-10(8-9)17-4/h5-8H,1-4H3,(H2,14,18). The fourth-order valence-electron chi connectivity index (χ4n) is 1.46. The number of nitrogens with two attached hydrogens (primary N) is 1. The van der Waals surface area contributed by atoms with Gasteiger partial charge in [-0.2, -0.15) is 0 Å². The minimum atomic E-state index is -0.868. The molecule has 4 nitrogen and oxygen atoms in total. The number of carbonyl (C=O) groups excluding carboxylic acids is 1. The Kier molecular flexibility index (Phi) is 4.29. The van der Waals surface area contributed by atoms with Crippen LogP contribution in [0.5, 0.6) is 5.75 Å². The maximum absolute atomic E-state index is 12.3. The first kappa shape index (κ1) is 14.4. The summed E-state index contributed by atoms with van der Waals surface area (Å²) in [5.74, 6) is 0.545. The predicted octanol–water partition coefficient (Wildman–Crippen LogP) is 1.97. The largest absolute Gasteiger partial charge is 0.497 e. The van der Waals surface area contributed by atoms with Crippen LogP contribution in [-0.4, -0.2) is 25.1 Å². The van der Waals surface area contributed by atoms with Crippen LogP contribution in [0.3, 0.4) is 0 Å². The van der Waals surface area contributed by atoms with Gasteiger partial charge in [0.1, 0.15) is 5.75 Å². The zero-order valence-electron chi connectivity index (χ0n) is 11.1. The number of amides is 1. The van der Waals surface area contributed by atoms with Gasteiger partial charge in [-0.3, -0.25) is 4.79 Å². The van der Waals surface area contributed by atoms with E-state index in [-0.39, 0.29) is 10.9 Å². The summed E-state index contributed by atoms with van der Waals surface area (Å²) in [5, 5.41) is 0. The summed E-state index contributed by atoms with van der Waals surface area (Å²) in [6.07, 6.45) is 0. The second kappa shape index (κ2) is 5.35. The highest BCUT2D eigenvalue weighted by atomic mass is 32.1. The van der Waals surface area contributed by atoms with E-state index in [1.807, 2.05) is 18.2 Å². The van der Waals surface area contributed by atoms with Crippen LogP contribution in [0.15, 0.2) is 24.3 Å². The third-order valence-corrected chi connectivity index (χ3v) is 3.41. The number of thiocarbonyl (C=S) groups is 1. The van der Waals surface area contributed by atoms with Crippen molar-refractivity contribution >= 4 is 28.8 Å². The molecule has 1 aromatic rings. The van der Waals surface area contributed by atoms with Crippen molar-refractivity contribution in [1.82, 2.24) is 0 Å². The summed E-state index contributed by atoms with van der Waals surface area (Å²) in [7, 11) is 3.27. The Morgan fingerprint density at radius 3 is 2.56 bits per heavy atom. The molecule has 0 heterocycles. The number of benzene rings is 1. The summed E-state index contributed by atoms with van der Waals surface area (Å²) in [6, 6.07) is 7.26. The summed E-state index contributed by atoms with van der Waals surface area (Å²) < 4.78 is 5.13. The number of anilines is 1. The van der Waals surface area contributed by atoms with Gasteiger partial charge in [0.15, 0.2) is 0 Å². The highest BCUT2D eigenvalue weighted by Crippen LogP contribution is 2.25. The summed E-state index contributed by atoms with van der Waals surface area (Å²) in [6.45, 7) is 3.43. The van der Waals surface area contributed by atoms with E-state index in [2.05, 4.69) is 0 Å². The Balaban J connectivity index is 3.03. The highest BCUT2D eigenvalue weighted by molar-refractivity contribution is 7.80. The van der Waals surface area contributed by atoms with Gasteiger partial charge in [-0.25, -0.2) is 0 Å². The van der Waals surface area contributed by atoms with E-state index >= 15 is 0 Å². The fourth-order valence-corrected chi connectivity index (χ4v) is 1.55. The Labute approximate surface area is 113 Å². The van der Waals surface area contributed by atoms with Crippen molar-refractivity contribution in [2.45, 2.75) is 13.8 Å². The van der Waals surface area contributed by atoms with Crippen LogP contribution < -0.4 is 15.4 Å². The maximum atomic E-state index is 12.3. The van der Waals surface area contributed by atoms with E-state index in [1.54, 1.807) is 34.1 Å². The number of ether oxygens (including phenoxy) is 1. The van der Waals surface area contributed by atoms with Crippen LogP contribution in [0.25, 0.3) is 0 Å². The molecule has 0 saturated heterocycles. The Morgan fingerprint density at radius 1 is 1.44 bits per heavy atom. The average Bonchev–Trinajstić information content (AvgIpc) is 2.36. The van der Waals surface area contributed by atoms with Crippen molar-refractivity contribution in [3.8, 4) is 5.75 Å². The van der Waals surface area contributed by atoms with Crippen LogP contribution in [0.4, 0.5) is 5.69 Å². The lowest BCUT2D eigenvalue weighted by atomic mass is 9.91. The molecule has 1 amide bonds. The van der Waals surface area contributed by atoms with Crippen LogP contribution in [0, 0.1) is 5.41 Å². The van der Waals surface area contributed by atoms with Crippen LogP contribution >= 0.6 is 12.2 Å². The lowest BCUT2D eigenvalue weighted by Crippen LogP contribution is -2.45. The van der Waals surface area contributed by atoms with Crippen LogP contribution in [-0.2, 0) is 4.79 Å². The van der Waals surface area contributed by atoms with Crippen LogP contribution in [0.1, 0.15) is 13.8 Å². The van der Waals surface area contributed by atoms with Gasteiger partial charge in [-0.15, -0.1) is 0 Å². The molecule has 0 aromatic heterocycles. The predicted molar refractivity (Wildman–Crippen MR) is 77.0 cm³/mol. The molecule has 1 rings (SSSR count). The summed E-state index contributed by atoms with van der Waals surface area (Å²) >= 11 is 4.93. The van der Waals surface area contributed by atoms with Crippen molar-refractivity contribution in [3.05, 3.63) is 24.3 Å². The van der Waals surface area contributed by atoms with Gasteiger partial charge < -0.3 is 15.4 Å². The first-order valence-corrected chi connectivity index (χ1v) is 5.93. The fraction of sp³-hybridized carbons (Fsp3) is 0.385. The molecule has 0 fully saturated rings. The molecule has 98 valence electrons. The van der Waals surface area contributed by atoms with Crippen LogP contribution in [0.2, 0.25) is 0 Å². The molecule has 0 bridgehead atoms. The smallest absolute Gasteiger partial charge is 0.239 e. The number of hydrogen-bond acceptors (Lipinski definition) is 3. The van der Waals surface area contributed by atoms with Crippen molar-refractivity contribution in [1.29, 1.82) is 0 Å². The molecule has 0 aliphatic carbocycles. The normalized spacial score (nSPS) is 10.9. The molecule has 0 aliphatic heterocycles. The summed E-state index contributed by atoms with van der Waals surface area (Å²) in [4.78, 5) is 14.0. The number of carbonyl (C=O) groups is 1. The number of rotatable bonds is 4. The molecule has 0 atom stereocenters. The molecule has 1 aromatic carbocycles. The summed E-state index contributed by atoms with van der Waals surface area (Å²) in [5.41, 5.74) is 5.47. The second-order valence-electron chi connectivity index (χ2n) is 4.55. The number of methoxy groups -OCH3 is 1. The minimum Gasteiger partial charge on any atom is -0.497 e. The third-order valence-electron chi connectivity index (χ3n) is 2.90. The molecule has 0 unspecified atom stereocenters. The molecule has 0 aliphatic rings. The molecular weight excluding hydrogens is 248 g/mol. The minimum absolute atomic E-state index is 0.150. The lowest BCUT2D eigenvalue weighted by Gasteiger charge is -2.28. The van der Waals surface area contributed by atoms with Crippen molar-refractivity contribution in [3.63, 3.8) is 0 Å². The topological polar surface area (TPSA) is 55.6 Å². The quantitative estimate of drug-likeness (QED) is 0.847. The number of nitrogens with zero attached hydrogens (tertiary/aromatic N) is 1. The average molecular weight is 266 g/mol. The van der Waals surface area contributed by atoms with Gasteiger partial charge in [-0.1, -0.05) is 18.3 Å². The van der Waals surface area contributed by atoms with E-state index in [9.17, 15) is 4.79 Å². The van der Waals surface area contributed by atoms with Gasteiger partial charge in [-0.05, 0) is 26.0 Å². The third kappa shape index (κ3) is 2.79. The van der Waals surface area contributed by atoms with Gasteiger partial charge in [0.05, 0.1) is 17.5 Å². The molecule has 18 heavy (non-hydrogen) atoms. The SMILES string of the molecule is COc1cccc(N(C)C(=O)C(C)(C)C(N)=S)c1. The van der Waals surface area contributed by atoms with Crippen molar-refractivity contribution < 1.29 is 9.53 Å². The van der Waals surface area contributed by atoms with Crippen molar-refractivity contribution in [2.24, 2.45) is 11.1 Å². The first-order valence-electron chi connectivity index (χ1n) is 5.53. The molecule has 2 N–H and O–H groups in total. The molecule has 0 spiro atoms. The molecule has 0 saturated carbocycles. The number of hydrogen-bond donors (Lipinski definition) is 1. The maximum Gasteiger partial charge on any atom is 0.239 e. The van der Waals surface area contributed by atoms with E-state index in [0.717, 1.165) is 5.69 Å². The van der Waals surface area contributed by atoms with Crippen molar-refractivity contribution in [2.75, 3.05) is 19.1 Å². The Hall–Kier alpha value is -1.62. The first-order chi connectivity index (χ1) is 8.30. The Bertz CT molecular complexity index is 472. The van der Waals surface area contributed by atoms with E-state index < -0.39 is 5.41 Å². The van der Waals surface area contributed by atoms with Gasteiger partial charge in [0.2, 0.25) is 5.91 Å². The zero-order valence-corrected chi connectivity index (χ0v) is 11.9. The second-order valence-corrected chi connectivity index (χ2v) is 4.99. The highest BCUT2D eigenvalue weighted by Gasteiger charge is 2.34. The van der Waals surface area contributed by atoms with E-state index in [0.29, 0.717) is 5.75 Å².